The lowest BCUT2D eigenvalue weighted by Crippen LogP contribution is -2.36. The molecule has 8 nitrogen and oxygen atoms in total. The summed E-state index contributed by atoms with van der Waals surface area (Å²) in [5.74, 6) is 0.372. The third-order valence-corrected chi connectivity index (χ3v) is 9.80. The number of benzene rings is 2. The van der Waals surface area contributed by atoms with Crippen molar-refractivity contribution in [3.8, 4) is 11.5 Å². The molecule has 228 valence electrons. The second kappa shape index (κ2) is 14.9. The van der Waals surface area contributed by atoms with E-state index in [9.17, 15) is 14.2 Å². The lowest BCUT2D eigenvalue weighted by Gasteiger charge is -2.22. The average molecular weight is 615 g/mol. The topological polar surface area (TPSA) is 91.4 Å². The van der Waals surface area contributed by atoms with E-state index in [1.807, 2.05) is 18.2 Å². The van der Waals surface area contributed by atoms with Gasteiger partial charge in [-0.15, -0.1) is 0 Å². The summed E-state index contributed by atoms with van der Waals surface area (Å²) in [6, 6.07) is 7.67. The van der Waals surface area contributed by atoms with E-state index >= 15 is 0 Å². The van der Waals surface area contributed by atoms with Gasteiger partial charge < -0.3 is 19.0 Å². The van der Waals surface area contributed by atoms with Crippen molar-refractivity contribution in [1.29, 1.82) is 0 Å². The van der Waals surface area contributed by atoms with Crippen LogP contribution in [0.2, 0.25) is 25.7 Å². The van der Waals surface area contributed by atoms with Crippen LogP contribution in [0.5, 0.6) is 11.5 Å². The molecule has 10 heteroatoms. The number of fused-ring (bicyclic) bond motifs is 1. The van der Waals surface area contributed by atoms with Gasteiger partial charge in [-0.2, -0.15) is 0 Å². The first-order valence-corrected chi connectivity index (χ1v) is 19.2. The van der Waals surface area contributed by atoms with E-state index in [0.717, 1.165) is 45.1 Å². The first-order chi connectivity index (χ1) is 19.9. The minimum Gasteiger partial charge on any atom is -0.493 e. The van der Waals surface area contributed by atoms with Crippen molar-refractivity contribution in [2.75, 3.05) is 13.2 Å². The number of ether oxygens (including phenoxy) is 3. The first kappa shape index (κ1) is 33.5. The van der Waals surface area contributed by atoms with Crippen molar-refractivity contribution in [1.82, 2.24) is 4.83 Å². The number of allylic oxidation sites excluding steroid dienone is 2. The van der Waals surface area contributed by atoms with Crippen LogP contribution in [0.25, 0.3) is 0 Å². The van der Waals surface area contributed by atoms with Gasteiger partial charge >= 0.3 is 20.5 Å². The fraction of sp³-hybridized carbons (Fsp3) is 0.500. The first-order valence-electron chi connectivity index (χ1n) is 14.6. The van der Waals surface area contributed by atoms with Crippen molar-refractivity contribution in [2.24, 2.45) is 0 Å². The maximum absolute atomic E-state index is 12.8. The number of hydroxylamine groups is 1. The van der Waals surface area contributed by atoms with Crippen LogP contribution in [0.1, 0.15) is 65.9 Å². The summed E-state index contributed by atoms with van der Waals surface area (Å²) in [5.41, 5.74) is 6.84. The number of esters is 2. The number of carbonyl (C=O) groups is 2. The van der Waals surface area contributed by atoms with E-state index in [4.69, 9.17) is 19.0 Å². The van der Waals surface area contributed by atoms with Gasteiger partial charge in [0.2, 0.25) is 0 Å². The summed E-state index contributed by atoms with van der Waals surface area (Å²) in [4.78, 5) is 32.1. The molecule has 42 heavy (non-hydrogen) atoms. The average Bonchev–Trinajstić information content (AvgIpc) is 3.33. The number of cyclic esters (lactones) is 1. The Morgan fingerprint density at radius 2 is 1.90 bits per heavy atom. The molecular weight excluding hydrogens is 569 g/mol. The molecule has 2 unspecified atom stereocenters. The minimum atomic E-state index is -1.33. The number of para-hydroxylation sites is 1. The number of rotatable bonds is 15. The van der Waals surface area contributed by atoms with Crippen LogP contribution >= 0.6 is 8.61 Å². The van der Waals surface area contributed by atoms with Gasteiger partial charge in [-0.3, -0.25) is 4.79 Å². The van der Waals surface area contributed by atoms with Crippen LogP contribution < -0.4 is 9.57 Å². The van der Waals surface area contributed by atoms with Crippen LogP contribution in [0.4, 0.5) is 0 Å². The molecule has 0 fully saturated rings. The Morgan fingerprint density at radius 3 is 2.55 bits per heavy atom. The Kier molecular flexibility index (Phi) is 11.9. The highest BCUT2D eigenvalue weighted by Crippen LogP contribution is 2.39. The highest BCUT2D eigenvalue weighted by molar-refractivity contribution is 7.20. The quantitative estimate of drug-likeness (QED) is 0.0686. The van der Waals surface area contributed by atoms with Crippen molar-refractivity contribution in [2.45, 2.75) is 92.2 Å². The third-order valence-electron chi connectivity index (χ3n) is 7.44. The normalized spacial score (nSPS) is 14.1. The van der Waals surface area contributed by atoms with Gasteiger partial charge in [0, 0.05) is 24.8 Å². The molecule has 2 aromatic carbocycles. The predicted molar refractivity (Wildman–Crippen MR) is 168 cm³/mol. The van der Waals surface area contributed by atoms with Crippen molar-refractivity contribution < 1.29 is 33.2 Å². The predicted octanol–water partition coefficient (Wildman–Crippen LogP) is 7.16. The zero-order chi connectivity index (χ0) is 31.0. The fourth-order valence-electron chi connectivity index (χ4n) is 4.97. The Bertz CT molecular complexity index is 1340. The van der Waals surface area contributed by atoms with Gasteiger partial charge in [0.15, 0.2) is 11.8 Å². The summed E-state index contributed by atoms with van der Waals surface area (Å²) in [6.45, 7) is 17.6. The lowest BCUT2D eigenvalue weighted by atomic mass is 9.88. The van der Waals surface area contributed by atoms with Crippen LogP contribution in [0, 0.1) is 6.92 Å². The smallest absolute Gasteiger partial charge is 0.457 e. The molecular formula is C32H45NO7PSi+. The molecule has 0 N–H and O–H groups in total. The zero-order valence-corrected chi connectivity index (χ0v) is 28.2. The van der Waals surface area contributed by atoms with Crippen LogP contribution in [-0.4, -0.2) is 44.1 Å². The highest BCUT2D eigenvalue weighted by atomic mass is 31.1. The molecule has 2 atom stereocenters. The van der Waals surface area contributed by atoms with Gasteiger partial charge in [0.25, 0.3) is 0 Å². The highest BCUT2D eigenvalue weighted by Gasteiger charge is 2.33. The van der Waals surface area contributed by atoms with Crippen molar-refractivity contribution in [3.63, 3.8) is 0 Å². The van der Waals surface area contributed by atoms with Gasteiger partial charge in [-0.25, -0.2) is 4.79 Å². The number of hydrogen-bond donors (Lipinski definition) is 0. The van der Waals surface area contributed by atoms with Crippen LogP contribution in [-0.2, 0) is 44.7 Å². The molecule has 0 bridgehead atoms. The second-order valence-electron chi connectivity index (χ2n) is 11.8. The van der Waals surface area contributed by atoms with Crippen molar-refractivity contribution in [3.05, 3.63) is 69.3 Å². The molecule has 0 aliphatic carbocycles. The lowest BCUT2D eigenvalue weighted by molar-refractivity contribution is -0.153. The molecule has 1 aliphatic rings. The van der Waals surface area contributed by atoms with Gasteiger partial charge in [-0.05, 0) is 74.8 Å². The maximum atomic E-state index is 12.8. The Hall–Kier alpha value is -3.00. The Morgan fingerprint density at radius 1 is 1.19 bits per heavy atom. The van der Waals surface area contributed by atoms with Crippen LogP contribution in [0.15, 0.2) is 35.9 Å². The standard InChI is InChI=1S/C32H44NO7PSi/c1-9-25-22(4)27-20-39-32(35)29(27)30(38-17-18-42(6,7)8)26(25)16-15-21(3)19-24-13-11-12-14-28(24)40-33(41-36)23(5)31(34)37-10-2/h11-15,23H,9-10,16-20H2,1-8H3/p+1. The van der Waals surface area contributed by atoms with E-state index in [2.05, 4.69) is 46.5 Å². The summed E-state index contributed by atoms with van der Waals surface area (Å²) < 4.78 is 28.8. The Labute approximate surface area is 252 Å². The van der Waals surface area contributed by atoms with E-state index < -0.39 is 28.7 Å². The van der Waals surface area contributed by atoms with Crippen LogP contribution in [0.3, 0.4) is 0 Å². The fourth-order valence-corrected chi connectivity index (χ4v) is 6.08. The summed E-state index contributed by atoms with van der Waals surface area (Å²) in [7, 11) is -2.32. The van der Waals surface area contributed by atoms with Gasteiger partial charge in [0.1, 0.15) is 17.9 Å². The summed E-state index contributed by atoms with van der Waals surface area (Å²) in [5, 5.41) is 0. The molecule has 0 saturated heterocycles. The second-order valence-corrected chi connectivity index (χ2v) is 18.1. The maximum Gasteiger partial charge on any atom is 0.457 e. The van der Waals surface area contributed by atoms with E-state index in [-0.39, 0.29) is 12.6 Å². The van der Waals surface area contributed by atoms with E-state index in [1.165, 1.54) is 5.56 Å². The van der Waals surface area contributed by atoms with Crippen molar-refractivity contribution >= 4 is 28.6 Å². The van der Waals surface area contributed by atoms with E-state index in [0.29, 0.717) is 43.1 Å². The minimum absolute atomic E-state index is 0.231. The van der Waals surface area contributed by atoms with Gasteiger partial charge in [-0.1, -0.05) is 56.4 Å². The molecule has 1 aliphatic heterocycles. The third kappa shape index (κ3) is 8.30. The number of hydrogen-bond acceptors (Lipinski definition) is 7. The zero-order valence-electron chi connectivity index (χ0n) is 26.2. The summed E-state index contributed by atoms with van der Waals surface area (Å²) >= 11 is 0. The number of carbonyl (C=O) groups excluding carboxylic acids is 2. The van der Waals surface area contributed by atoms with E-state index in [1.54, 1.807) is 19.9 Å². The number of nitrogens with zero attached hydrogens (tertiary/aromatic N) is 1. The molecule has 0 amide bonds. The molecule has 0 radical (unpaired) electrons. The molecule has 0 saturated carbocycles. The summed E-state index contributed by atoms with van der Waals surface area (Å²) in [6.07, 6.45) is 4.17. The van der Waals surface area contributed by atoms with Gasteiger partial charge in [0.05, 0.1) is 18.0 Å². The molecule has 0 aromatic heterocycles. The molecule has 3 rings (SSSR count). The monoisotopic (exact) mass is 614 g/mol. The largest absolute Gasteiger partial charge is 0.493 e. The SMILES string of the molecule is CCOC(=O)C(C)N(Oc1ccccc1CC(C)=CCc1c(CC)c(C)c2c(c1OCC[Si](C)(C)C)C(=O)OC2)[PH+]=O. The molecule has 1 heterocycles. The molecule has 2 aromatic rings. The Balaban J connectivity index is 1.89. The molecule has 0 spiro atoms.